The zero-order chi connectivity index (χ0) is 15.4. The lowest BCUT2D eigenvalue weighted by Crippen LogP contribution is -1.94. The Balaban J connectivity index is 1.72. The minimum absolute atomic E-state index is 0.159. The van der Waals surface area contributed by atoms with E-state index in [0.717, 1.165) is 22.4 Å². The first kappa shape index (κ1) is 14.5. The molecule has 3 rings (SSSR count). The lowest BCUT2D eigenvalue weighted by molar-refractivity contribution is 0.306. The smallest absolute Gasteiger partial charge is 0.119 e. The van der Waals surface area contributed by atoms with Crippen molar-refractivity contribution >= 4 is 11.6 Å². The first-order chi connectivity index (χ1) is 10.7. The van der Waals surface area contributed by atoms with Crippen LogP contribution in [-0.4, -0.2) is 5.11 Å². The Labute approximate surface area is 134 Å². The van der Waals surface area contributed by atoms with Crippen molar-refractivity contribution in [3.63, 3.8) is 0 Å². The van der Waals surface area contributed by atoms with E-state index in [9.17, 15) is 5.11 Å². The first-order valence-electron chi connectivity index (χ1n) is 6.97. The molecule has 22 heavy (non-hydrogen) atoms. The Morgan fingerprint density at radius 2 is 1.55 bits per heavy atom. The maximum atomic E-state index is 9.61. The summed E-state index contributed by atoms with van der Waals surface area (Å²) < 4.78 is 5.75. The van der Waals surface area contributed by atoms with Gasteiger partial charge in [-0.1, -0.05) is 54.1 Å². The highest BCUT2D eigenvalue weighted by molar-refractivity contribution is 6.31. The highest BCUT2D eigenvalue weighted by Gasteiger charge is 2.03. The molecule has 0 amide bonds. The van der Waals surface area contributed by atoms with Gasteiger partial charge in [-0.05, 0) is 47.0 Å². The van der Waals surface area contributed by atoms with Crippen molar-refractivity contribution in [2.24, 2.45) is 0 Å². The Morgan fingerprint density at radius 1 is 0.818 bits per heavy atom. The van der Waals surface area contributed by atoms with Gasteiger partial charge in [0.2, 0.25) is 0 Å². The second-order valence-corrected chi connectivity index (χ2v) is 5.43. The molecule has 0 saturated heterocycles. The molecule has 3 heteroatoms. The third-order valence-electron chi connectivity index (χ3n) is 3.32. The average molecular weight is 311 g/mol. The molecule has 0 aliphatic carbocycles. The zero-order valence-corrected chi connectivity index (χ0v) is 12.6. The molecule has 2 nitrogen and oxygen atoms in total. The molecule has 0 atom stereocenters. The van der Waals surface area contributed by atoms with Gasteiger partial charge in [-0.2, -0.15) is 0 Å². The molecule has 0 heterocycles. The van der Waals surface area contributed by atoms with Gasteiger partial charge in [-0.25, -0.2) is 0 Å². The fourth-order valence-electron chi connectivity index (χ4n) is 2.23. The van der Waals surface area contributed by atoms with E-state index >= 15 is 0 Å². The monoisotopic (exact) mass is 310 g/mol. The first-order valence-corrected chi connectivity index (χ1v) is 7.35. The zero-order valence-electron chi connectivity index (χ0n) is 11.9. The molecule has 0 radical (unpaired) electrons. The highest BCUT2D eigenvalue weighted by Crippen LogP contribution is 2.29. The molecule has 0 aliphatic heterocycles. The molecule has 0 saturated carbocycles. The fourth-order valence-corrected chi connectivity index (χ4v) is 2.45. The van der Waals surface area contributed by atoms with Crippen molar-refractivity contribution in [1.82, 2.24) is 0 Å². The number of rotatable bonds is 4. The van der Waals surface area contributed by atoms with Gasteiger partial charge in [0.15, 0.2) is 0 Å². The predicted molar refractivity (Wildman–Crippen MR) is 89.3 cm³/mol. The fraction of sp³-hybridized carbons (Fsp3) is 0.0526. The van der Waals surface area contributed by atoms with Crippen molar-refractivity contribution in [2.45, 2.75) is 6.61 Å². The van der Waals surface area contributed by atoms with Gasteiger partial charge in [-0.3, -0.25) is 0 Å². The molecule has 0 bridgehead atoms. The summed E-state index contributed by atoms with van der Waals surface area (Å²) in [6, 6.07) is 22.8. The molecule has 3 aromatic rings. The van der Waals surface area contributed by atoms with Crippen LogP contribution in [0.1, 0.15) is 5.56 Å². The minimum atomic E-state index is 0.159. The van der Waals surface area contributed by atoms with Gasteiger partial charge in [-0.15, -0.1) is 0 Å². The third-order valence-corrected chi connectivity index (χ3v) is 3.54. The van der Waals surface area contributed by atoms with Crippen LogP contribution < -0.4 is 4.74 Å². The summed E-state index contributed by atoms with van der Waals surface area (Å²) in [5.74, 6) is 0.964. The van der Waals surface area contributed by atoms with Crippen LogP contribution in [0.25, 0.3) is 11.1 Å². The Kier molecular flexibility index (Phi) is 4.31. The largest absolute Gasteiger partial charge is 0.508 e. The van der Waals surface area contributed by atoms with Gasteiger partial charge in [0.25, 0.3) is 0 Å². The molecule has 0 unspecified atom stereocenters. The van der Waals surface area contributed by atoms with Crippen LogP contribution in [0.5, 0.6) is 11.5 Å². The molecule has 0 spiro atoms. The van der Waals surface area contributed by atoms with E-state index < -0.39 is 0 Å². The van der Waals surface area contributed by atoms with Gasteiger partial charge >= 0.3 is 0 Å². The standard InChI is InChI=1S/C19H15ClO2/c20-17-10-16(11-18(21)12-17)15-6-8-19(9-7-15)22-13-14-4-2-1-3-5-14/h1-12,21H,13H2. The Hall–Kier alpha value is -2.45. The Bertz CT molecular complexity index is 732. The quantitative estimate of drug-likeness (QED) is 0.709. The number of halogens is 1. The lowest BCUT2D eigenvalue weighted by atomic mass is 10.1. The summed E-state index contributed by atoms with van der Waals surface area (Å²) in [5.41, 5.74) is 2.98. The van der Waals surface area contributed by atoms with E-state index in [0.29, 0.717) is 11.6 Å². The summed E-state index contributed by atoms with van der Waals surface area (Å²) in [4.78, 5) is 0. The number of benzene rings is 3. The number of aromatic hydroxyl groups is 1. The molecule has 0 aromatic heterocycles. The van der Waals surface area contributed by atoms with Crippen molar-refractivity contribution in [3.8, 4) is 22.6 Å². The third kappa shape index (κ3) is 3.60. The van der Waals surface area contributed by atoms with Crippen molar-refractivity contribution in [3.05, 3.63) is 83.4 Å². The summed E-state index contributed by atoms with van der Waals surface area (Å²) in [6.07, 6.45) is 0. The lowest BCUT2D eigenvalue weighted by Gasteiger charge is -2.08. The number of hydrogen-bond acceptors (Lipinski definition) is 2. The van der Waals surface area contributed by atoms with Gasteiger partial charge in [0, 0.05) is 5.02 Å². The van der Waals surface area contributed by atoms with Gasteiger partial charge in [0.05, 0.1) is 0 Å². The molecule has 0 fully saturated rings. The van der Waals surface area contributed by atoms with Crippen LogP contribution >= 0.6 is 11.6 Å². The maximum Gasteiger partial charge on any atom is 0.119 e. The van der Waals surface area contributed by atoms with E-state index in [2.05, 4.69) is 0 Å². The van der Waals surface area contributed by atoms with Crippen LogP contribution in [0.3, 0.4) is 0 Å². The van der Waals surface area contributed by atoms with Crippen LogP contribution in [0, 0.1) is 0 Å². The molecule has 110 valence electrons. The van der Waals surface area contributed by atoms with E-state index in [1.54, 1.807) is 6.07 Å². The minimum Gasteiger partial charge on any atom is -0.508 e. The van der Waals surface area contributed by atoms with Crippen LogP contribution in [0.4, 0.5) is 0 Å². The topological polar surface area (TPSA) is 29.5 Å². The van der Waals surface area contributed by atoms with Gasteiger partial charge < -0.3 is 9.84 Å². The van der Waals surface area contributed by atoms with E-state index in [1.807, 2.05) is 60.7 Å². The molecular formula is C19H15ClO2. The Morgan fingerprint density at radius 3 is 2.23 bits per heavy atom. The van der Waals surface area contributed by atoms with Gasteiger partial charge in [0.1, 0.15) is 18.1 Å². The second-order valence-electron chi connectivity index (χ2n) is 5.00. The number of phenolic OH excluding ortho intramolecular Hbond substituents is 1. The summed E-state index contributed by atoms with van der Waals surface area (Å²) in [7, 11) is 0. The van der Waals surface area contributed by atoms with Crippen molar-refractivity contribution in [2.75, 3.05) is 0 Å². The van der Waals surface area contributed by atoms with Crippen LogP contribution in [-0.2, 0) is 6.61 Å². The number of hydrogen-bond donors (Lipinski definition) is 1. The van der Waals surface area contributed by atoms with E-state index in [-0.39, 0.29) is 5.75 Å². The molecular weight excluding hydrogens is 296 g/mol. The summed E-state index contributed by atoms with van der Waals surface area (Å²) >= 11 is 5.96. The highest BCUT2D eigenvalue weighted by atomic mass is 35.5. The number of ether oxygens (including phenoxy) is 1. The molecule has 1 N–H and O–H groups in total. The average Bonchev–Trinajstić information content (AvgIpc) is 2.53. The summed E-state index contributed by atoms with van der Waals surface area (Å²) in [6.45, 7) is 0.540. The predicted octanol–water partition coefficient (Wildman–Crippen LogP) is 5.29. The second kappa shape index (κ2) is 6.54. The molecule has 3 aromatic carbocycles. The van der Waals surface area contributed by atoms with Crippen molar-refractivity contribution in [1.29, 1.82) is 0 Å². The maximum absolute atomic E-state index is 9.61. The normalized spacial score (nSPS) is 10.4. The molecule has 0 aliphatic rings. The number of phenols is 1. The van der Waals surface area contributed by atoms with E-state index in [1.165, 1.54) is 6.07 Å². The van der Waals surface area contributed by atoms with Crippen molar-refractivity contribution < 1.29 is 9.84 Å². The SMILES string of the molecule is Oc1cc(Cl)cc(-c2ccc(OCc3ccccc3)cc2)c1. The van der Waals surface area contributed by atoms with Crippen LogP contribution in [0.2, 0.25) is 5.02 Å². The summed E-state index contributed by atoms with van der Waals surface area (Å²) in [5, 5.41) is 10.1. The van der Waals surface area contributed by atoms with E-state index in [4.69, 9.17) is 16.3 Å². The van der Waals surface area contributed by atoms with Crippen LogP contribution in [0.15, 0.2) is 72.8 Å².